The lowest BCUT2D eigenvalue weighted by Crippen LogP contribution is -2.37. The number of carbonyl (C=O) groups is 1. The number of hydrogen-bond donors (Lipinski definition) is 0. The van der Waals surface area contributed by atoms with Crippen molar-refractivity contribution >= 4 is 5.91 Å². The topological polar surface area (TPSA) is 20.3 Å². The van der Waals surface area contributed by atoms with Crippen LogP contribution in [-0.2, 0) is 4.79 Å². The molecular weight excluding hydrogens is 210 g/mol. The fraction of sp³-hybridized carbons (Fsp3) is 0.933. The fourth-order valence-electron chi connectivity index (χ4n) is 3.74. The minimum Gasteiger partial charge on any atom is -0.343 e. The van der Waals surface area contributed by atoms with E-state index in [-0.39, 0.29) is 5.41 Å². The molecule has 2 atom stereocenters. The van der Waals surface area contributed by atoms with Crippen LogP contribution in [0.5, 0.6) is 0 Å². The van der Waals surface area contributed by atoms with Crippen molar-refractivity contribution in [2.75, 3.05) is 13.1 Å². The minimum atomic E-state index is -0.00593. The van der Waals surface area contributed by atoms with Crippen molar-refractivity contribution in [1.29, 1.82) is 0 Å². The van der Waals surface area contributed by atoms with E-state index < -0.39 is 0 Å². The van der Waals surface area contributed by atoms with Crippen LogP contribution in [0.15, 0.2) is 0 Å². The molecule has 98 valence electrons. The van der Waals surface area contributed by atoms with Gasteiger partial charge in [-0.3, -0.25) is 4.79 Å². The van der Waals surface area contributed by atoms with Gasteiger partial charge in [-0.15, -0.1) is 0 Å². The van der Waals surface area contributed by atoms with E-state index >= 15 is 0 Å². The van der Waals surface area contributed by atoms with E-state index in [1.165, 1.54) is 32.1 Å². The van der Waals surface area contributed by atoms with Gasteiger partial charge in [-0.05, 0) is 32.1 Å². The van der Waals surface area contributed by atoms with Gasteiger partial charge in [0.05, 0.1) is 0 Å². The number of hydrogen-bond acceptors (Lipinski definition) is 1. The van der Waals surface area contributed by atoms with Crippen LogP contribution in [0.25, 0.3) is 0 Å². The smallest absolute Gasteiger partial charge is 0.228 e. The lowest BCUT2D eigenvalue weighted by molar-refractivity contribution is -0.136. The van der Waals surface area contributed by atoms with E-state index in [2.05, 4.69) is 20.8 Å². The molecule has 0 aliphatic heterocycles. The van der Waals surface area contributed by atoms with E-state index in [0.29, 0.717) is 11.8 Å². The molecule has 0 bridgehead atoms. The van der Waals surface area contributed by atoms with Crippen molar-refractivity contribution in [2.45, 2.75) is 59.3 Å². The zero-order valence-electron chi connectivity index (χ0n) is 11.7. The summed E-state index contributed by atoms with van der Waals surface area (Å²) in [4.78, 5) is 14.5. The van der Waals surface area contributed by atoms with Gasteiger partial charge in [0, 0.05) is 18.5 Å². The average molecular weight is 237 g/mol. The molecule has 0 heterocycles. The number of carbonyl (C=O) groups excluding carboxylic acids is 1. The number of rotatable bonds is 4. The molecule has 2 nitrogen and oxygen atoms in total. The van der Waals surface area contributed by atoms with Gasteiger partial charge in [0.25, 0.3) is 0 Å². The molecule has 0 aromatic rings. The monoisotopic (exact) mass is 237 g/mol. The predicted octanol–water partition coefficient (Wildman–Crippen LogP) is 3.46. The molecule has 0 saturated heterocycles. The summed E-state index contributed by atoms with van der Waals surface area (Å²) >= 11 is 0. The molecule has 0 unspecified atom stereocenters. The molecule has 0 N–H and O–H groups in total. The Morgan fingerprint density at radius 2 is 1.76 bits per heavy atom. The normalized spacial score (nSPS) is 33.5. The van der Waals surface area contributed by atoms with Crippen molar-refractivity contribution in [3.05, 3.63) is 0 Å². The number of nitrogens with zero attached hydrogens (tertiary/aromatic N) is 1. The molecule has 0 aromatic carbocycles. The van der Waals surface area contributed by atoms with Gasteiger partial charge in [0.15, 0.2) is 0 Å². The summed E-state index contributed by atoms with van der Waals surface area (Å²) in [5.41, 5.74) is -0.00593. The van der Waals surface area contributed by atoms with E-state index in [1.807, 2.05) is 4.90 Å². The molecule has 2 rings (SSSR count). The highest BCUT2D eigenvalue weighted by molar-refractivity contribution is 5.85. The number of amides is 1. The third-order valence-corrected chi connectivity index (χ3v) is 5.06. The van der Waals surface area contributed by atoms with Gasteiger partial charge in [0.1, 0.15) is 0 Å². The molecule has 0 radical (unpaired) electrons. The third-order valence-electron chi connectivity index (χ3n) is 5.06. The Bertz CT molecular complexity index is 279. The van der Waals surface area contributed by atoms with Gasteiger partial charge in [-0.1, -0.05) is 39.0 Å². The summed E-state index contributed by atoms with van der Waals surface area (Å²) in [5.74, 6) is 1.95. The molecule has 2 aliphatic carbocycles. The van der Waals surface area contributed by atoms with Gasteiger partial charge >= 0.3 is 0 Å². The molecule has 1 amide bonds. The van der Waals surface area contributed by atoms with Crippen LogP contribution in [-0.4, -0.2) is 23.9 Å². The molecule has 0 aromatic heterocycles. The van der Waals surface area contributed by atoms with E-state index in [1.54, 1.807) is 0 Å². The molecule has 2 fully saturated rings. The predicted molar refractivity (Wildman–Crippen MR) is 70.7 cm³/mol. The van der Waals surface area contributed by atoms with Crippen molar-refractivity contribution in [2.24, 2.45) is 17.3 Å². The van der Waals surface area contributed by atoms with Crippen LogP contribution in [0, 0.1) is 17.3 Å². The van der Waals surface area contributed by atoms with Gasteiger partial charge in [-0.2, -0.15) is 0 Å². The molecule has 2 aliphatic rings. The first-order chi connectivity index (χ1) is 8.13. The maximum Gasteiger partial charge on any atom is 0.228 e. The van der Waals surface area contributed by atoms with Crippen LogP contribution in [0.1, 0.15) is 59.3 Å². The zero-order valence-corrected chi connectivity index (χ0v) is 11.7. The minimum absolute atomic E-state index is 0.00593. The van der Waals surface area contributed by atoms with E-state index in [9.17, 15) is 4.79 Å². The molecule has 2 saturated carbocycles. The molecule has 17 heavy (non-hydrogen) atoms. The Balaban J connectivity index is 1.95. The highest BCUT2D eigenvalue weighted by atomic mass is 16.2. The first kappa shape index (κ1) is 12.9. The zero-order chi connectivity index (χ0) is 12.5. The van der Waals surface area contributed by atoms with Crippen molar-refractivity contribution in [3.63, 3.8) is 0 Å². The Morgan fingerprint density at radius 3 is 2.29 bits per heavy atom. The lowest BCUT2D eigenvalue weighted by Gasteiger charge is -2.27. The maximum atomic E-state index is 12.5. The first-order valence-electron chi connectivity index (χ1n) is 7.42. The van der Waals surface area contributed by atoms with E-state index in [4.69, 9.17) is 0 Å². The van der Waals surface area contributed by atoms with E-state index in [0.717, 1.165) is 25.4 Å². The quantitative estimate of drug-likeness (QED) is 0.733. The van der Waals surface area contributed by atoms with Crippen LogP contribution < -0.4 is 0 Å². The Morgan fingerprint density at radius 1 is 1.18 bits per heavy atom. The Labute approximate surface area is 106 Å². The second kappa shape index (κ2) is 4.99. The Kier molecular flexibility index (Phi) is 3.79. The lowest BCUT2D eigenvalue weighted by atomic mass is 9.82. The van der Waals surface area contributed by atoms with Crippen LogP contribution >= 0.6 is 0 Å². The summed E-state index contributed by atoms with van der Waals surface area (Å²) in [6.07, 6.45) is 8.06. The van der Waals surface area contributed by atoms with Gasteiger partial charge < -0.3 is 4.90 Å². The summed E-state index contributed by atoms with van der Waals surface area (Å²) < 4.78 is 0. The van der Waals surface area contributed by atoms with Crippen LogP contribution in [0.4, 0.5) is 0 Å². The van der Waals surface area contributed by atoms with Gasteiger partial charge in [0.2, 0.25) is 5.91 Å². The second-order valence-corrected chi connectivity index (χ2v) is 6.10. The SMILES string of the molecule is CCN(CC)C(=O)[C@]1(C)C[C@H]1C1CCCCC1. The molecule has 0 spiro atoms. The maximum absolute atomic E-state index is 12.5. The van der Waals surface area contributed by atoms with Gasteiger partial charge in [-0.25, -0.2) is 0 Å². The fourth-order valence-corrected chi connectivity index (χ4v) is 3.74. The molecule has 2 heteroatoms. The summed E-state index contributed by atoms with van der Waals surface area (Å²) in [6.45, 7) is 8.10. The highest BCUT2D eigenvalue weighted by Gasteiger charge is 2.59. The molecular formula is C15H27NO. The summed E-state index contributed by atoms with van der Waals surface area (Å²) in [7, 11) is 0. The summed E-state index contributed by atoms with van der Waals surface area (Å²) in [6, 6.07) is 0. The Hall–Kier alpha value is -0.530. The largest absolute Gasteiger partial charge is 0.343 e. The van der Waals surface area contributed by atoms with Crippen molar-refractivity contribution < 1.29 is 4.79 Å². The standard InChI is InChI=1S/C15H27NO/c1-4-16(5-2)14(17)15(3)11-13(15)12-9-7-6-8-10-12/h12-13H,4-11H2,1-3H3/t13-,15+/m0/s1. The van der Waals surface area contributed by atoms with Crippen molar-refractivity contribution in [1.82, 2.24) is 4.90 Å². The van der Waals surface area contributed by atoms with Crippen molar-refractivity contribution in [3.8, 4) is 0 Å². The summed E-state index contributed by atoms with van der Waals surface area (Å²) in [5, 5.41) is 0. The highest BCUT2D eigenvalue weighted by Crippen LogP contribution is 2.59. The third kappa shape index (κ3) is 2.36. The van der Waals surface area contributed by atoms with Crippen LogP contribution in [0.3, 0.4) is 0 Å². The van der Waals surface area contributed by atoms with Crippen LogP contribution in [0.2, 0.25) is 0 Å². The second-order valence-electron chi connectivity index (χ2n) is 6.10. The first-order valence-corrected chi connectivity index (χ1v) is 7.42. The average Bonchev–Trinajstić information content (AvgIpc) is 3.06.